The van der Waals surface area contributed by atoms with Crippen molar-refractivity contribution in [1.82, 2.24) is 4.98 Å². The van der Waals surface area contributed by atoms with Gasteiger partial charge in [-0.1, -0.05) is 10.2 Å². The van der Waals surface area contributed by atoms with Gasteiger partial charge in [0.15, 0.2) is 0 Å². The lowest BCUT2D eigenvalue weighted by atomic mass is 10.3. The molecule has 0 amide bonds. The molecule has 72 valence electrons. The van der Waals surface area contributed by atoms with E-state index in [0.717, 1.165) is 0 Å². The molecule has 0 aromatic heterocycles. The number of azide groups is 2. The van der Waals surface area contributed by atoms with Crippen molar-refractivity contribution in [3.05, 3.63) is 52.0 Å². The van der Waals surface area contributed by atoms with E-state index in [2.05, 4.69) is 25.0 Å². The highest BCUT2D eigenvalue weighted by molar-refractivity contribution is 5.61. The van der Waals surface area contributed by atoms with Crippen LogP contribution < -0.4 is 10.9 Å². The Morgan fingerprint density at radius 3 is 1.67 bits per heavy atom. The number of rotatable bonds is 2. The van der Waals surface area contributed by atoms with Crippen molar-refractivity contribution in [2.45, 2.75) is 0 Å². The Bertz CT molecular complexity index is 700. The van der Waals surface area contributed by atoms with Gasteiger partial charge in [0.05, 0.1) is 0 Å². The smallest absolute Gasteiger partial charge is 0.214 e. The van der Waals surface area contributed by atoms with E-state index in [4.69, 9.17) is 11.1 Å². The molecule has 0 spiro atoms. The highest BCUT2D eigenvalue weighted by Gasteiger charge is 2.17. The van der Waals surface area contributed by atoms with Crippen LogP contribution in [0, 0.1) is 10.7 Å². The van der Waals surface area contributed by atoms with Gasteiger partial charge in [0.2, 0.25) is 10.9 Å². The number of hydrogen-bond acceptors (Lipinski definition) is 4. The van der Waals surface area contributed by atoms with Gasteiger partial charge >= 0.3 is 0 Å². The molecule has 0 aromatic carbocycles. The molecular weight excluding hydrogens is 202 g/mol. The van der Waals surface area contributed by atoms with Crippen molar-refractivity contribution in [3.63, 3.8) is 0 Å². The third-order valence-electron chi connectivity index (χ3n) is 1.84. The Labute approximate surface area is 79.6 Å². The summed E-state index contributed by atoms with van der Waals surface area (Å²) in [5.41, 5.74) is 14.2. The van der Waals surface area contributed by atoms with Crippen molar-refractivity contribution < 1.29 is 0 Å². The van der Waals surface area contributed by atoms with Crippen LogP contribution in [-0.2, 0) is 0 Å². The van der Waals surface area contributed by atoms with Crippen LogP contribution in [0.25, 0.3) is 20.9 Å². The SMILES string of the molecule is [N-]=[N+]=Nc1c(N=[N+]=[N-])c(=O)c2[nH]c=2c1=O. The van der Waals surface area contributed by atoms with Gasteiger partial charge in [-0.05, 0) is 11.1 Å². The number of aromatic amines is 1. The standard InChI is InChI=1S/C6HN7O2/c7-12-10-3-4(11-13-8)6(15)2-1(9-2)5(3)14/h9H. The third-order valence-corrected chi connectivity index (χ3v) is 1.84. The monoisotopic (exact) mass is 203 g/mol. The molecule has 9 heteroatoms. The fourth-order valence-corrected chi connectivity index (χ4v) is 1.16. The highest BCUT2D eigenvalue weighted by atomic mass is 16.1. The van der Waals surface area contributed by atoms with Crippen LogP contribution >= 0.6 is 0 Å². The molecule has 1 heterocycles. The second-order valence-corrected chi connectivity index (χ2v) is 2.61. The normalized spacial score (nSPS) is 9.87. The minimum absolute atomic E-state index is 0.0966. The van der Waals surface area contributed by atoms with Crippen LogP contribution in [0.4, 0.5) is 11.4 Å². The van der Waals surface area contributed by atoms with E-state index in [-0.39, 0.29) is 10.7 Å². The maximum Gasteiger partial charge on any atom is 0.214 e. The van der Waals surface area contributed by atoms with Gasteiger partial charge in [0.25, 0.3) is 0 Å². The van der Waals surface area contributed by atoms with Gasteiger partial charge in [0.1, 0.15) is 22.1 Å². The van der Waals surface area contributed by atoms with E-state index >= 15 is 0 Å². The first kappa shape index (κ1) is 8.82. The fourth-order valence-electron chi connectivity index (χ4n) is 1.16. The molecule has 0 unspecified atom stereocenters. The topological polar surface area (TPSA) is 147 Å². The number of nitrogens with one attached hydrogen (secondary N) is 1. The average molecular weight is 203 g/mol. The molecular formula is C6HN7O2. The number of H-pyrrole nitrogens is 1. The van der Waals surface area contributed by atoms with E-state index in [9.17, 15) is 9.59 Å². The Kier molecular flexibility index (Phi) is 1.69. The molecule has 9 nitrogen and oxygen atoms in total. The van der Waals surface area contributed by atoms with Crippen LogP contribution in [0.5, 0.6) is 0 Å². The molecule has 0 saturated carbocycles. The zero-order valence-corrected chi connectivity index (χ0v) is 7.00. The van der Waals surface area contributed by atoms with Crippen molar-refractivity contribution in [2.24, 2.45) is 10.2 Å². The van der Waals surface area contributed by atoms with Crippen LogP contribution in [0.3, 0.4) is 0 Å². The molecule has 0 saturated heterocycles. The predicted octanol–water partition coefficient (Wildman–Crippen LogP) is 1.22. The van der Waals surface area contributed by atoms with Gasteiger partial charge < -0.3 is 4.98 Å². The first-order chi connectivity index (χ1) is 7.20. The van der Waals surface area contributed by atoms with Crippen molar-refractivity contribution in [2.75, 3.05) is 0 Å². The maximum atomic E-state index is 11.4. The lowest BCUT2D eigenvalue weighted by Gasteiger charge is -1.89. The molecule has 0 atom stereocenters. The molecule has 2 rings (SSSR count). The minimum Gasteiger partial charge on any atom is -0.345 e. The molecule has 0 radical (unpaired) electrons. The largest absolute Gasteiger partial charge is 0.345 e. The van der Waals surface area contributed by atoms with E-state index in [0.29, 0.717) is 0 Å². The third kappa shape index (κ3) is 1.12. The summed E-state index contributed by atoms with van der Waals surface area (Å²) in [5.74, 6) is 0. The van der Waals surface area contributed by atoms with Crippen molar-refractivity contribution >= 4 is 11.4 Å². The number of nitrogens with zero attached hydrogens (tertiary/aromatic N) is 6. The Morgan fingerprint density at radius 1 is 0.933 bits per heavy atom. The van der Waals surface area contributed by atoms with Crippen LogP contribution in [0.1, 0.15) is 0 Å². The van der Waals surface area contributed by atoms with Gasteiger partial charge in [-0.25, -0.2) is 0 Å². The zero-order chi connectivity index (χ0) is 11.0. The first-order valence-corrected chi connectivity index (χ1v) is 3.66. The van der Waals surface area contributed by atoms with Gasteiger partial charge in [-0.15, -0.1) is 0 Å². The Balaban J connectivity index is 3.04. The second kappa shape index (κ2) is 2.88. The number of hydrogen-bond donors (Lipinski definition) is 1. The van der Waals surface area contributed by atoms with Gasteiger partial charge in [-0.3, -0.25) is 9.59 Å². The van der Waals surface area contributed by atoms with Crippen LogP contribution in [-0.4, -0.2) is 4.98 Å². The molecule has 1 aliphatic carbocycles. The summed E-state index contributed by atoms with van der Waals surface area (Å²) in [5, 5.41) is 6.28. The molecule has 2 aliphatic rings. The van der Waals surface area contributed by atoms with Gasteiger partial charge in [0, 0.05) is 9.82 Å². The fraction of sp³-hybridized carbons (Fsp3) is 0. The van der Waals surface area contributed by atoms with E-state index < -0.39 is 22.2 Å². The molecule has 15 heavy (non-hydrogen) atoms. The Hall–Kier alpha value is -2.76. The van der Waals surface area contributed by atoms with E-state index in [1.165, 1.54) is 0 Å². The summed E-state index contributed by atoms with van der Waals surface area (Å²) in [4.78, 5) is 30.0. The maximum absolute atomic E-state index is 11.4. The molecule has 0 aromatic rings. The molecule has 0 bridgehead atoms. The quantitative estimate of drug-likeness (QED) is 0.443. The van der Waals surface area contributed by atoms with E-state index in [1.807, 2.05) is 0 Å². The average Bonchev–Trinajstić information content (AvgIpc) is 3.00. The molecule has 1 N–H and O–H groups in total. The first-order valence-electron chi connectivity index (χ1n) is 3.66. The zero-order valence-electron chi connectivity index (χ0n) is 7.00. The summed E-state index contributed by atoms with van der Waals surface area (Å²) in [6.07, 6.45) is 0. The van der Waals surface area contributed by atoms with Gasteiger partial charge in [-0.2, -0.15) is 0 Å². The summed E-state index contributed by atoms with van der Waals surface area (Å²) in [6, 6.07) is 0. The predicted molar refractivity (Wildman–Crippen MR) is 48.6 cm³/mol. The van der Waals surface area contributed by atoms with Crippen LogP contribution in [0.2, 0.25) is 0 Å². The minimum atomic E-state index is -0.634. The highest BCUT2D eigenvalue weighted by Crippen LogP contribution is 2.20. The summed E-state index contributed by atoms with van der Waals surface area (Å²) in [6.45, 7) is 0. The summed E-state index contributed by atoms with van der Waals surface area (Å²) >= 11 is 0. The van der Waals surface area contributed by atoms with Crippen LogP contribution in [0.15, 0.2) is 19.8 Å². The lowest BCUT2D eigenvalue weighted by Crippen LogP contribution is -2.06. The Morgan fingerprint density at radius 2 is 1.33 bits per heavy atom. The lowest BCUT2D eigenvalue weighted by molar-refractivity contribution is 1.33. The number of aromatic nitrogens is 1. The summed E-state index contributed by atoms with van der Waals surface area (Å²) in [7, 11) is 0. The second-order valence-electron chi connectivity index (χ2n) is 2.61. The van der Waals surface area contributed by atoms with E-state index in [1.54, 1.807) is 0 Å². The van der Waals surface area contributed by atoms with Crippen molar-refractivity contribution in [3.8, 4) is 0 Å². The summed E-state index contributed by atoms with van der Waals surface area (Å²) < 4.78 is 0. The van der Waals surface area contributed by atoms with Crippen molar-refractivity contribution in [1.29, 1.82) is 0 Å². The molecule has 0 fully saturated rings. The molecule has 1 aliphatic heterocycles.